The summed E-state index contributed by atoms with van der Waals surface area (Å²) in [7, 11) is 0. The number of nitrogens with two attached hydrogens (primary N) is 1. The van der Waals surface area contributed by atoms with E-state index in [-0.39, 0.29) is 34.7 Å². The normalized spacial score (nSPS) is 11.0. The molecule has 0 bridgehead atoms. The molecule has 0 spiro atoms. The molecule has 0 aliphatic heterocycles. The number of halogens is 2. The molecule has 2 N–H and O–H groups in total. The van der Waals surface area contributed by atoms with Crippen LogP contribution >= 0.6 is 11.6 Å². The second-order valence-electron chi connectivity index (χ2n) is 4.61. The summed E-state index contributed by atoms with van der Waals surface area (Å²) in [6.45, 7) is 0.714. The number of rotatable bonds is 6. The van der Waals surface area contributed by atoms with Crippen LogP contribution in [-0.4, -0.2) is 33.2 Å². The van der Waals surface area contributed by atoms with E-state index in [2.05, 4.69) is 24.6 Å². The zero-order chi connectivity index (χ0) is 17.1. The Balaban J connectivity index is 2.04. The highest BCUT2D eigenvalue weighted by Gasteiger charge is 2.24. The van der Waals surface area contributed by atoms with E-state index in [9.17, 15) is 9.18 Å². The number of nitrogens with zero attached hydrogens (tertiary/aromatic N) is 4. The highest BCUT2D eigenvalue weighted by molar-refractivity contribution is 6.30. The number of hydrogen-bond donors (Lipinski definition) is 1. The fourth-order valence-electron chi connectivity index (χ4n) is 1.92. The van der Waals surface area contributed by atoms with Gasteiger partial charge in [-0.15, -0.1) is 0 Å². The lowest BCUT2D eigenvalue weighted by Crippen LogP contribution is -2.14. The third-order valence-corrected chi connectivity index (χ3v) is 3.31. The Morgan fingerprint density at radius 3 is 2.92 bits per heavy atom. The van der Waals surface area contributed by atoms with Crippen LogP contribution in [0.15, 0.2) is 32.1 Å². The molecule has 1 aromatic carbocycles. The first-order chi connectivity index (χ1) is 11.6. The first-order valence-electron chi connectivity index (χ1n) is 6.81. The maximum atomic E-state index is 13.3. The molecule has 0 radical (unpaired) electrons. The van der Waals surface area contributed by atoms with Gasteiger partial charge in [0.05, 0.1) is 17.3 Å². The van der Waals surface area contributed by atoms with Gasteiger partial charge in [0.25, 0.3) is 5.88 Å². The Bertz CT molecular complexity index is 906. The van der Waals surface area contributed by atoms with Gasteiger partial charge in [-0.3, -0.25) is 4.52 Å². The monoisotopic (exact) mass is 355 g/mol. The summed E-state index contributed by atoms with van der Waals surface area (Å²) in [6, 6.07) is 3.70. The van der Waals surface area contributed by atoms with Crippen molar-refractivity contribution in [1.82, 2.24) is 20.0 Å². The summed E-state index contributed by atoms with van der Waals surface area (Å²) in [6.07, 6.45) is 0.589. The van der Waals surface area contributed by atoms with E-state index < -0.39 is 11.6 Å². The van der Waals surface area contributed by atoms with Gasteiger partial charge in [-0.05, 0) is 41.5 Å². The SMILES string of the molecule is NCCCOc1nonc1-c1noc(=O)n1-c1ccc(F)c(Cl)c1. The summed E-state index contributed by atoms with van der Waals surface area (Å²) in [5, 5.41) is 10.8. The zero-order valence-corrected chi connectivity index (χ0v) is 12.9. The molecule has 0 saturated heterocycles. The fourth-order valence-corrected chi connectivity index (χ4v) is 2.09. The summed E-state index contributed by atoms with van der Waals surface area (Å²) in [5.74, 6) is -1.44. The lowest BCUT2D eigenvalue weighted by Gasteiger charge is -2.05. The fraction of sp³-hybridized carbons (Fsp3) is 0.231. The van der Waals surface area contributed by atoms with Gasteiger partial charge in [-0.2, -0.15) is 0 Å². The highest BCUT2D eigenvalue weighted by atomic mass is 35.5. The van der Waals surface area contributed by atoms with Crippen molar-refractivity contribution in [2.45, 2.75) is 6.42 Å². The van der Waals surface area contributed by atoms with Crippen LogP contribution in [0.2, 0.25) is 5.02 Å². The molecule has 3 rings (SSSR count). The molecule has 0 aliphatic rings. The minimum Gasteiger partial charge on any atom is -0.474 e. The predicted molar refractivity (Wildman–Crippen MR) is 79.5 cm³/mol. The Hall–Kier alpha value is -2.72. The molecule has 0 aliphatic carbocycles. The topological polar surface area (TPSA) is 122 Å². The van der Waals surface area contributed by atoms with Gasteiger partial charge in [0.15, 0.2) is 0 Å². The van der Waals surface area contributed by atoms with Gasteiger partial charge in [0.1, 0.15) is 5.82 Å². The molecule has 2 heterocycles. The summed E-state index contributed by atoms with van der Waals surface area (Å²) in [5.41, 5.74) is 5.68. The molecule has 0 unspecified atom stereocenters. The van der Waals surface area contributed by atoms with Crippen LogP contribution in [0.5, 0.6) is 5.88 Å². The largest absolute Gasteiger partial charge is 0.474 e. The predicted octanol–water partition coefficient (Wildman–Crippen LogP) is 1.40. The molecular formula is C13H11ClFN5O4. The Morgan fingerprint density at radius 2 is 2.17 bits per heavy atom. The third kappa shape index (κ3) is 3.01. The first-order valence-corrected chi connectivity index (χ1v) is 7.19. The zero-order valence-electron chi connectivity index (χ0n) is 12.1. The second kappa shape index (κ2) is 6.81. The molecule has 2 aromatic heterocycles. The van der Waals surface area contributed by atoms with Crippen molar-refractivity contribution in [2.75, 3.05) is 13.2 Å². The maximum Gasteiger partial charge on any atom is 0.446 e. The molecule has 24 heavy (non-hydrogen) atoms. The standard InChI is InChI=1S/C13H11ClFN5O4/c14-8-6-7(2-3-9(8)15)20-11(18-23-13(20)21)10-12(19-24-17-10)22-5-1-4-16/h2-3,6H,1,4-5,16H2. The van der Waals surface area contributed by atoms with Crippen LogP contribution in [-0.2, 0) is 0 Å². The first kappa shape index (κ1) is 16.1. The minimum absolute atomic E-state index is 0.0216. The van der Waals surface area contributed by atoms with Crippen LogP contribution in [0.25, 0.3) is 17.2 Å². The van der Waals surface area contributed by atoms with Crippen molar-refractivity contribution < 1.29 is 18.3 Å². The number of benzene rings is 1. The average Bonchev–Trinajstić information content (AvgIpc) is 3.17. The molecular weight excluding hydrogens is 345 g/mol. The van der Waals surface area contributed by atoms with E-state index in [1.165, 1.54) is 12.1 Å². The molecule has 126 valence electrons. The molecule has 0 amide bonds. The van der Waals surface area contributed by atoms with Crippen LogP contribution < -0.4 is 16.2 Å². The van der Waals surface area contributed by atoms with Gasteiger partial charge in [0.2, 0.25) is 11.5 Å². The average molecular weight is 356 g/mol. The molecule has 9 nitrogen and oxygen atoms in total. The Labute approximate surface area is 138 Å². The van der Waals surface area contributed by atoms with Crippen LogP contribution in [0.4, 0.5) is 4.39 Å². The van der Waals surface area contributed by atoms with Gasteiger partial charge in [0, 0.05) is 0 Å². The smallest absolute Gasteiger partial charge is 0.446 e. The molecule has 0 saturated carbocycles. The van der Waals surface area contributed by atoms with Gasteiger partial charge in [-0.25, -0.2) is 18.4 Å². The van der Waals surface area contributed by atoms with Gasteiger partial charge >= 0.3 is 5.76 Å². The summed E-state index contributed by atoms with van der Waals surface area (Å²) < 4.78 is 29.0. The second-order valence-corrected chi connectivity index (χ2v) is 5.02. The van der Waals surface area contributed by atoms with Crippen molar-refractivity contribution in [1.29, 1.82) is 0 Å². The van der Waals surface area contributed by atoms with Crippen molar-refractivity contribution in [3.63, 3.8) is 0 Å². The minimum atomic E-state index is -0.816. The van der Waals surface area contributed by atoms with Gasteiger partial charge in [-0.1, -0.05) is 16.8 Å². The van der Waals surface area contributed by atoms with Crippen molar-refractivity contribution in [2.24, 2.45) is 5.73 Å². The van der Waals surface area contributed by atoms with Crippen LogP contribution in [0.1, 0.15) is 6.42 Å². The van der Waals surface area contributed by atoms with E-state index in [1.54, 1.807) is 0 Å². The lowest BCUT2D eigenvalue weighted by atomic mass is 10.3. The highest BCUT2D eigenvalue weighted by Crippen LogP contribution is 2.27. The van der Waals surface area contributed by atoms with E-state index in [4.69, 9.17) is 22.1 Å². The summed E-state index contributed by atoms with van der Waals surface area (Å²) >= 11 is 5.75. The number of hydrogen-bond acceptors (Lipinski definition) is 8. The van der Waals surface area contributed by atoms with E-state index in [0.29, 0.717) is 13.0 Å². The van der Waals surface area contributed by atoms with E-state index >= 15 is 0 Å². The van der Waals surface area contributed by atoms with Crippen LogP contribution in [0, 0.1) is 5.82 Å². The van der Waals surface area contributed by atoms with Gasteiger partial charge < -0.3 is 10.5 Å². The Morgan fingerprint density at radius 1 is 1.33 bits per heavy atom. The van der Waals surface area contributed by atoms with E-state index in [1.807, 2.05) is 0 Å². The quantitative estimate of drug-likeness (QED) is 0.658. The molecule has 0 fully saturated rings. The third-order valence-electron chi connectivity index (χ3n) is 3.02. The van der Waals surface area contributed by atoms with Crippen molar-refractivity contribution in [3.05, 3.63) is 39.6 Å². The van der Waals surface area contributed by atoms with E-state index in [0.717, 1.165) is 10.6 Å². The van der Waals surface area contributed by atoms with Crippen molar-refractivity contribution >= 4 is 11.6 Å². The molecule has 3 aromatic rings. The maximum absolute atomic E-state index is 13.3. The molecule has 11 heteroatoms. The summed E-state index contributed by atoms with van der Waals surface area (Å²) in [4.78, 5) is 12.0. The van der Waals surface area contributed by atoms with Crippen molar-refractivity contribution in [3.8, 4) is 23.1 Å². The van der Waals surface area contributed by atoms with Crippen LogP contribution in [0.3, 0.4) is 0 Å². The Kier molecular flexibility index (Phi) is 4.58. The molecule has 0 atom stereocenters. The lowest BCUT2D eigenvalue weighted by molar-refractivity contribution is 0.254. The number of ether oxygens (including phenoxy) is 1. The number of aromatic nitrogens is 4.